The number of aryl methyl sites for hydroxylation is 1. The van der Waals surface area contributed by atoms with Crippen molar-refractivity contribution in [3.63, 3.8) is 0 Å². The Morgan fingerprint density at radius 1 is 1.15 bits per heavy atom. The van der Waals surface area contributed by atoms with Crippen molar-refractivity contribution >= 4 is 11.8 Å². The first-order valence-electron chi connectivity index (χ1n) is 11.1. The summed E-state index contributed by atoms with van der Waals surface area (Å²) in [6.45, 7) is 4.36. The van der Waals surface area contributed by atoms with Crippen LogP contribution in [0.3, 0.4) is 0 Å². The molecule has 2 amide bonds. The van der Waals surface area contributed by atoms with Crippen LogP contribution in [-0.4, -0.2) is 35.1 Å². The van der Waals surface area contributed by atoms with Gasteiger partial charge in [-0.2, -0.15) is 4.98 Å². The minimum atomic E-state index is -0.105. The van der Waals surface area contributed by atoms with Crippen molar-refractivity contribution in [1.82, 2.24) is 20.8 Å². The number of ether oxygens (including phenoxy) is 1. The van der Waals surface area contributed by atoms with E-state index in [2.05, 4.69) is 20.8 Å². The maximum absolute atomic E-state index is 12.3. The Kier molecular flexibility index (Phi) is 8.57. The van der Waals surface area contributed by atoms with E-state index in [0.717, 1.165) is 23.3 Å². The first kappa shape index (κ1) is 24.0. The standard InChI is InChI=1S/C25H30N4O4/c1-4-17(2)27-25(31)20-8-5-7-18(15-20)16-26-22(30)9-6-10-23-28-24(29-33-23)19-11-13-21(32-3)14-12-19/h5,7-8,11-15,17H,4,6,9-10,16H2,1-3H3,(H,26,30)(H,27,31). The minimum Gasteiger partial charge on any atom is -0.497 e. The van der Waals surface area contributed by atoms with Gasteiger partial charge in [0, 0.05) is 36.6 Å². The lowest BCUT2D eigenvalue weighted by Crippen LogP contribution is -2.32. The largest absolute Gasteiger partial charge is 0.497 e. The van der Waals surface area contributed by atoms with Crippen molar-refractivity contribution in [3.05, 3.63) is 65.5 Å². The monoisotopic (exact) mass is 450 g/mol. The minimum absolute atomic E-state index is 0.0700. The van der Waals surface area contributed by atoms with Gasteiger partial charge in [-0.25, -0.2) is 0 Å². The van der Waals surface area contributed by atoms with Crippen LogP contribution in [0.25, 0.3) is 11.4 Å². The molecule has 0 saturated heterocycles. The highest BCUT2D eigenvalue weighted by atomic mass is 16.5. The fourth-order valence-electron chi connectivity index (χ4n) is 3.13. The predicted molar refractivity (Wildman–Crippen MR) is 125 cm³/mol. The second kappa shape index (κ2) is 11.8. The summed E-state index contributed by atoms with van der Waals surface area (Å²) in [5, 5.41) is 9.84. The van der Waals surface area contributed by atoms with E-state index in [9.17, 15) is 9.59 Å². The molecule has 174 valence electrons. The Labute approximate surface area is 193 Å². The summed E-state index contributed by atoms with van der Waals surface area (Å²) in [6, 6.07) is 14.8. The second-order valence-corrected chi connectivity index (χ2v) is 7.85. The molecule has 2 aromatic carbocycles. The van der Waals surface area contributed by atoms with Gasteiger partial charge in [-0.3, -0.25) is 9.59 Å². The third kappa shape index (κ3) is 7.17. The number of amides is 2. The topological polar surface area (TPSA) is 106 Å². The number of benzene rings is 2. The first-order valence-corrected chi connectivity index (χ1v) is 11.1. The van der Waals surface area contributed by atoms with E-state index < -0.39 is 0 Å². The lowest BCUT2D eigenvalue weighted by molar-refractivity contribution is -0.121. The zero-order valence-electron chi connectivity index (χ0n) is 19.3. The third-order valence-electron chi connectivity index (χ3n) is 5.28. The number of rotatable bonds is 11. The lowest BCUT2D eigenvalue weighted by atomic mass is 10.1. The first-order chi connectivity index (χ1) is 16.0. The van der Waals surface area contributed by atoms with Crippen LogP contribution in [0, 0.1) is 0 Å². The van der Waals surface area contributed by atoms with E-state index in [1.54, 1.807) is 19.2 Å². The molecule has 0 aliphatic rings. The predicted octanol–water partition coefficient (Wildman–Crippen LogP) is 3.91. The molecule has 3 rings (SSSR count). The van der Waals surface area contributed by atoms with Crippen LogP contribution in [0.2, 0.25) is 0 Å². The fraction of sp³-hybridized carbons (Fsp3) is 0.360. The van der Waals surface area contributed by atoms with Crippen molar-refractivity contribution < 1.29 is 18.8 Å². The summed E-state index contributed by atoms with van der Waals surface area (Å²) < 4.78 is 10.4. The van der Waals surface area contributed by atoms with Gasteiger partial charge >= 0.3 is 0 Å². The molecule has 0 bridgehead atoms. The molecule has 0 aliphatic carbocycles. The molecule has 0 radical (unpaired) electrons. The molecule has 1 heterocycles. The van der Waals surface area contributed by atoms with Crippen LogP contribution in [-0.2, 0) is 17.8 Å². The Morgan fingerprint density at radius 2 is 1.94 bits per heavy atom. The maximum Gasteiger partial charge on any atom is 0.251 e. The Bertz CT molecular complexity index is 1060. The average Bonchev–Trinajstić information content (AvgIpc) is 3.31. The molecule has 1 aromatic heterocycles. The van der Waals surface area contributed by atoms with Gasteiger partial charge in [0.25, 0.3) is 5.91 Å². The van der Waals surface area contributed by atoms with E-state index in [1.807, 2.05) is 50.2 Å². The third-order valence-corrected chi connectivity index (χ3v) is 5.28. The maximum atomic E-state index is 12.3. The summed E-state index contributed by atoms with van der Waals surface area (Å²) in [4.78, 5) is 28.9. The number of carbonyl (C=O) groups excluding carboxylic acids is 2. The number of nitrogens with one attached hydrogen (secondary N) is 2. The molecule has 8 heteroatoms. The van der Waals surface area contributed by atoms with Gasteiger partial charge in [-0.15, -0.1) is 0 Å². The van der Waals surface area contributed by atoms with Crippen molar-refractivity contribution in [2.45, 2.75) is 52.1 Å². The quantitative estimate of drug-likeness (QED) is 0.459. The highest BCUT2D eigenvalue weighted by Crippen LogP contribution is 2.20. The van der Waals surface area contributed by atoms with Crippen LogP contribution in [0.4, 0.5) is 0 Å². The van der Waals surface area contributed by atoms with Gasteiger partial charge in [-0.1, -0.05) is 24.2 Å². The van der Waals surface area contributed by atoms with Crippen LogP contribution in [0.5, 0.6) is 5.75 Å². The van der Waals surface area contributed by atoms with Gasteiger partial charge in [-0.05, 0) is 61.7 Å². The molecule has 0 saturated carbocycles. The molecule has 33 heavy (non-hydrogen) atoms. The summed E-state index contributed by atoms with van der Waals surface area (Å²) in [5.41, 5.74) is 2.30. The fourth-order valence-corrected chi connectivity index (χ4v) is 3.13. The zero-order valence-corrected chi connectivity index (χ0v) is 19.3. The van der Waals surface area contributed by atoms with E-state index >= 15 is 0 Å². The number of hydrogen-bond acceptors (Lipinski definition) is 6. The normalized spacial score (nSPS) is 11.6. The zero-order chi connectivity index (χ0) is 23.6. The molecular formula is C25H30N4O4. The van der Waals surface area contributed by atoms with Crippen LogP contribution in [0.1, 0.15) is 54.9 Å². The van der Waals surface area contributed by atoms with Gasteiger partial charge in [0.15, 0.2) is 0 Å². The molecule has 0 aliphatic heterocycles. The van der Waals surface area contributed by atoms with Gasteiger partial charge < -0.3 is 19.9 Å². The van der Waals surface area contributed by atoms with E-state index in [-0.39, 0.29) is 17.9 Å². The van der Waals surface area contributed by atoms with Gasteiger partial charge in [0.1, 0.15) is 5.75 Å². The van der Waals surface area contributed by atoms with E-state index in [4.69, 9.17) is 9.26 Å². The molecule has 1 unspecified atom stereocenters. The Hall–Kier alpha value is -3.68. The molecule has 1 atom stereocenters. The van der Waals surface area contributed by atoms with Crippen molar-refractivity contribution in [2.75, 3.05) is 7.11 Å². The number of nitrogens with zero attached hydrogens (tertiary/aromatic N) is 2. The van der Waals surface area contributed by atoms with E-state index in [0.29, 0.717) is 43.1 Å². The number of carbonyl (C=O) groups is 2. The summed E-state index contributed by atoms with van der Waals surface area (Å²) in [7, 11) is 1.61. The van der Waals surface area contributed by atoms with Crippen molar-refractivity contribution in [3.8, 4) is 17.1 Å². The number of hydrogen-bond donors (Lipinski definition) is 2. The number of aromatic nitrogens is 2. The molecule has 8 nitrogen and oxygen atoms in total. The molecule has 0 fully saturated rings. The number of methoxy groups -OCH3 is 1. The van der Waals surface area contributed by atoms with Crippen LogP contribution >= 0.6 is 0 Å². The smallest absolute Gasteiger partial charge is 0.251 e. The average molecular weight is 451 g/mol. The molecule has 3 aromatic rings. The highest BCUT2D eigenvalue weighted by molar-refractivity contribution is 5.94. The Balaban J connectivity index is 1.43. The molecule has 0 spiro atoms. The lowest BCUT2D eigenvalue weighted by Gasteiger charge is -2.12. The van der Waals surface area contributed by atoms with Crippen molar-refractivity contribution in [1.29, 1.82) is 0 Å². The van der Waals surface area contributed by atoms with Gasteiger partial charge in [0.05, 0.1) is 7.11 Å². The van der Waals surface area contributed by atoms with Gasteiger partial charge in [0.2, 0.25) is 17.6 Å². The highest BCUT2D eigenvalue weighted by Gasteiger charge is 2.11. The van der Waals surface area contributed by atoms with Crippen LogP contribution < -0.4 is 15.4 Å². The summed E-state index contributed by atoms with van der Waals surface area (Å²) in [6.07, 6.45) is 2.32. The van der Waals surface area contributed by atoms with Crippen molar-refractivity contribution in [2.24, 2.45) is 0 Å². The SMILES string of the molecule is CCC(C)NC(=O)c1cccc(CNC(=O)CCCc2nc(-c3ccc(OC)cc3)no2)c1. The summed E-state index contributed by atoms with van der Waals surface area (Å²) in [5.74, 6) is 1.59. The molecular weight excluding hydrogens is 420 g/mol. The molecule has 2 N–H and O–H groups in total. The summed E-state index contributed by atoms with van der Waals surface area (Å²) >= 11 is 0. The van der Waals surface area contributed by atoms with Crippen LogP contribution in [0.15, 0.2) is 53.1 Å². The second-order valence-electron chi connectivity index (χ2n) is 7.85. The van der Waals surface area contributed by atoms with E-state index in [1.165, 1.54) is 0 Å². The Morgan fingerprint density at radius 3 is 2.67 bits per heavy atom.